The predicted octanol–water partition coefficient (Wildman–Crippen LogP) is 5.01. The normalized spacial score (nSPS) is 11.1. The number of benzene rings is 2. The first-order valence-corrected chi connectivity index (χ1v) is 7.59. The van der Waals surface area contributed by atoms with Gasteiger partial charge in [-0.15, -0.1) is 11.8 Å². The highest BCUT2D eigenvalue weighted by molar-refractivity contribution is 7.98. The molecule has 1 aromatic heterocycles. The Bertz CT molecular complexity index is 773. The maximum atomic E-state index is 5.98. The maximum absolute atomic E-state index is 5.98. The van der Waals surface area contributed by atoms with Crippen molar-refractivity contribution in [3.05, 3.63) is 52.3 Å². The van der Waals surface area contributed by atoms with E-state index >= 15 is 0 Å². The molecule has 0 unspecified atom stereocenters. The molecule has 3 rings (SSSR count). The zero-order chi connectivity index (χ0) is 14.1. The fourth-order valence-electron chi connectivity index (χ4n) is 1.77. The number of hydrogen-bond donors (Lipinski definition) is 1. The zero-order valence-corrected chi connectivity index (χ0v) is 12.6. The molecule has 0 saturated carbocycles. The molecule has 6 heteroatoms. The van der Waals surface area contributed by atoms with Gasteiger partial charge >= 0.3 is 0 Å². The zero-order valence-electron chi connectivity index (χ0n) is 10.3. The third-order valence-corrected chi connectivity index (χ3v) is 4.43. The minimum Gasteiger partial charge on any atom is -0.440 e. The molecule has 0 aliphatic rings. The molecule has 3 aromatic rings. The van der Waals surface area contributed by atoms with Crippen LogP contribution in [0, 0.1) is 0 Å². The van der Waals surface area contributed by atoms with Crippen LogP contribution in [0.1, 0.15) is 5.89 Å². The molecule has 2 N–H and O–H groups in total. The van der Waals surface area contributed by atoms with E-state index in [0.29, 0.717) is 27.4 Å². The van der Waals surface area contributed by atoms with Crippen LogP contribution in [0.15, 0.2) is 45.7 Å². The number of hydrogen-bond acceptors (Lipinski definition) is 4. The van der Waals surface area contributed by atoms with E-state index < -0.39 is 0 Å². The summed E-state index contributed by atoms with van der Waals surface area (Å²) in [5.74, 6) is 1.27. The molecule has 0 aliphatic carbocycles. The Morgan fingerprint density at radius 3 is 2.75 bits per heavy atom. The maximum Gasteiger partial charge on any atom is 0.205 e. The molecule has 0 amide bonds. The average molecular weight is 325 g/mol. The van der Waals surface area contributed by atoms with Gasteiger partial charge in [0.15, 0.2) is 5.58 Å². The molecular formula is C14H10Cl2N2OS. The Morgan fingerprint density at radius 1 is 1.10 bits per heavy atom. The van der Waals surface area contributed by atoms with E-state index in [0.717, 1.165) is 16.0 Å². The molecule has 0 radical (unpaired) electrons. The van der Waals surface area contributed by atoms with Crippen molar-refractivity contribution in [3.8, 4) is 0 Å². The van der Waals surface area contributed by atoms with E-state index in [1.54, 1.807) is 30.0 Å². The summed E-state index contributed by atoms with van der Waals surface area (Å²) in [5.41, 5.74) is 7.90. The predicted molar refractivity (Wildman–Crippen MR) is 84.4 cm³/mol. The van der Waals surface area contributed by atoms with Crippen LogP contribution in [0.5, 0.6) is 0 Å². The molecule has 0 fully saturated rings. The third-order valence-electron chi connectivity index (χ3n) is 2.71. The lowest BCUT2D eigenvalue weighted by atomic mass is 10.3. The van der Waals surface area contributed by atoms with Crippen molar-refractivity contribution in [2.45, 2.75) is 10.6 Å². The monoisotopic (exact) mass is 324 g/mol. The SMILES string of the molecule is Nc1ccc2oc(CSc3ccc(Cl)c(Cl)c3)nc2c1. The molecule has 2 aromatic carbocycles. The van der Waals surface area contributed by atoms with E-state index in [-0.39, 0.29) is 0 Å². The lowest BCUT2D eigenvalue weighted by molar-refractivity contribution is 0.556. The van der Waals surface area contributed by atoms with Crippen molar-refractivity contribution >= 4 is 51.8 Å². The van der Waals surface area contributed by atoms with Crippen molar-refractivity contribution in [2.24, 2.45) is 0 Å². The second-order valence-electron chi connectivity index (χ2n) is 4.20. The molecular weight excluding hydrogens is 315 g/mol. The van der Waals surface area contributed by atoms with Gasteiger partial charge in [0.1, 0.15) is 5.52 Å². The molecule has 0 atom stereocenters. The Kier molecular flexibility index (Phi) is 3.78. The number of halogens is 2. The highest BCUT2D eigenvalue weighted by Crippen LogP contribution is 2.30. The third kappa shape index (κ3) is 2.87. The van der Waals surface area contributed by atoms with Gasteiger partial charge in [-0.2, -0.15) is 0 Å². The standard InChI is InChI=1S/C14H10Cl2N2OS/c15-10-3-2-9(6-11(10)16)20-7-14-18-12-5-8(17)1-4-13(12)19-14/h1-6H,7,17H2. The number of nitrogens with zero attached hydrogens (tertiary/aromatic N) is 1. The summed E-state index contributed by atoms with van der Waals surface area (Å²) in [7, 11) is 0. The van der Waals surface area contributed by atoms with Crippen molar-refractivity contribution in [1.82, 2.24) is 4.98 Å². The summed E-state index contributed by atoms with van der Waals surface area (Å²) in [6.07, 6.45) is 0. The smallest absolute Gasteiger partial charge is 0.205 e. The van der Waals surface area contributed by atoms with E-state index in [2.05, 4.69) is 4.98 Å². The van der Waals surface area contributed by atoms with Gasteiger partial charge in [0.2, 0.25) is 5.89 Å². The molecule has 102 valence electrons. The summed E-state index contributed by atoms with van der Waals surface area (Å²) in [5, 5.41) is 1.09. The summed E-state index contributed by atoms with van der Waals surface area (Å²) in [6, 6.07) is 10.9. The van der Waals surface area contributed by atoms with Crippen LogP contribution in [0.3, 0.4) is 0 Å². The van der Waals surface area contributed by atoms with Crippen LogP contribution in [0.4, 0.5) is 5.69 Å². The van der Waals surface area contributed by atoms with Crippen LogP contribution in [0.25, 0.3) is 11.1 Å². The average Bonchev–Trinajstić information content (AvgIpc) is 2.82. The minimum atomic E-state index is 0.544. The molecule has 0 bridgehead atoms. The quantitative estimate of drug-likeness (QED) is 0.543. The molecule has 3 nitrogen and oxygen atoms in total. The Labute approximate surface area is 130 Å². The van der Waals surface area contributed by atoms with Crippen molar-refractivity contribution in [1.29, 1.82) is 0 Å². The van der Waals surface area contributed by atoms with Crippen LogP contribution in [-0.4, -0.2) is 4.98 Å². The van der Waals surface area contributed by atoms with Gasteiger partial charge in [0, 0.05) is 10.6 Å². The lowest BCUT2D eigenvalue weighted by Gasteiger charge is -2.00. The van der Waals surface area contributed by atoms with Gasteiger partial charge in [-0.25, -0.2) is 4.98 Å². The second-order valence-corrected chi connectivity index (χ2v) is 6.06. The first-order valence-electron chi connectivity index (χ1n) is 5.84. The molecule has 0 saturated heterocycles. The van der Waals surface area contributed by atoms with Crippen molar-refractivity contribution in [3.63, 3.8) is 0 Å². The van der Waals surface area contributed by atoms with Gasteiger partial charge in [-0.3, -0.25) is 0 Å². The van der Waals surface area contributed by atoms with Crippen LogP contribution < -0.4 is 5.73 Å². The first kappa shape index (κ1) is 13.6. The molecule has 20 heavy (non-hydrogen) atoms. The summed E-state index contributed by atoms with van der Waals surface area (Å²) in [4.78, 5) is 5.42. The van der Waals surface area contributed by atoms with E-state index in [4.69, 9.17) is 33.4 Å². The van der Waals surface area contributed by atoms with Gasteiger partial charge < -0.3 is 10.2 Å². The number of anilines is 1. The van der Waals surface area contributed by atoms with E-state index in [1.165, 1.54) is 0 Å². The Morgan fingerprint density at radius 2 is 1.95 bits per heavy atom. The number of rotatable bonds is 3. The van der Waals surface area contributed by atoms with Gasteiger partial charge in [-0.1, -0.05) is 23.2 Å². The number of nitrogens with two attached hydrogens (primary N) is 1. The van der Waals surface area contributed by atoms with Crippen molar-refractivity contribution < 1.29 is 4.42 Å². The van der Waals surface area contributed by atoms with Gasteiger partial charge in [0.05, 0.1) is 15.8 Å². The number of thioether (sulfide) groups is 1. The fraction of sp³-hybridized carbons (Fsp3) is 0.0714. The second kappa shape index (κ2) is 5.56. The van der Waals surface area contributed by atoms with Gasteiger partial charge in [0.25, 0.3) is 0 Å². The van der Waals surface area contributed by atoms with Gasteiger partial charge in [-0.05, 0) is 36.4 Å². The Balaban J connectivity index is 1.77. The Hall–Kier alpha value is -1.36. The number of oxazole rings is 1. The molecule has 1 heterocycles. The fourth-order valence-corrected chi connectivity index (χ4v) is 2.91. The highest BCUT2D eigenvalue weighted by atomic mass is 35.5. The number of nitrogen functional groups attached to an aromatic ring is 1. The minimum absolute atomic E-state index is 0.544. The first-order chi connectivity index (χ1) is 9.61. The summed E-state index contributed by atoms with van der Waals surface area (Å²) >= 11 is 13.4. The van der Waals surface area contributed by atoms with Crippen LogP contribution in [0.2, 0.25) is 10.0 Å². The van der Waals surface area contributed by atoms with Crippen LogP contribution >= 0.6 is 35.0 Å². The largest absolute Gasteiger partial charge is 0.440 e. The topological polar surface area (TPSA) is 52.0 Å². The van der Waals surface area contributed by atoms with E-state index in [9.17, 15) is 0 Å². The van der Waals surface area contributed by atoms with Crippen molar-refractivity contribution in [2.75, 3.05) is 5.73 Å². The molecule has 0 aliphatic heterocycles. The number of fused-ring (bicyclic) bond motifs is 1. The number of aromatic nitrogens is 1. The molecule has 0 spiro atoms. The summed E-state index contributed by atoms with van der Waals surface area (Å²) < 4.78 is 5.65. The van der Waals surface area contributed by atoms with Crippen LogP contribution in [-0.2, 0) is 5.75 Å². The highest BCUT2D eigenvalue weighted by Gasteiger charge is 2.07. The van der Waals surface area contributed by atoms with E-state index in [1.807, 2.05) is 18.2 Å². The summed E-state index contributed by atoms with van der Waals surface area (Å²) in [6.45, 7) is 0. The lowest BCUT2D eigenvalue weighted by Crippen LogP contribution is -1.82.